The van der Waals surface area contributed by atoms with E-state index < -0.39 is 28.5 Å². The highest BCUT2D eigenvalue weighted by Crippen LogP contribution is 2.23. The molecule has 0 unspecified atom stereocenters. The molecule has 7 nitrogen and oxygen atoms in total. The van der Waals surface area contributed by atoms with Gasteiger partial charge in [-0.2, -0.15) is 0 Å². The summed E-state index contributed by atoms with van der Waals surface area (Å²) in [5.74, 6) is -1.37. The fraction of sp³-hybridized carbons (Fsp3) is 0.130. The van der Waals surface area contributed by atoms with Gasteiger partial charge in [0.2, 0.25) is 0 Å². The van der Waals surface area contributed by atoms with Gasteiger partial charge in [0.15, 0.2) is 6.61 Å². The first-order valence-electron chi connectivity index (χ1n) is 9.55. The van der Waals surface area contributed by atoms with E-state index in [2.05, 4.69) is 5.32 Å². The van der Waals surface area contributed by atoms with Gasteiger partial charge in [-0.25, -0.2) is 13.2 Å². The average molecular weight is 473 g/mol. The Labute approximate surface area is 191 Å². The molecule has 0 aliphatic heterocycles. The molecule has 0 aliphatic carbocycles. The maximum absolute atomic E-state index is 13.0. The first-order valence-corrected chi connectivity index (χ1v) is 11.4. The van der Waals surface area contributed by atoms with Crippen molar-refractivity contribution < 1.29 is 22.7 Å². The number of anilines is 2. The maximum Gasteiger partial charge on any atom is 0.338 e. The molecule has 0 bridgehead atoms. The van der Waals surface area contributed by atoms with E-state index in [1.54, 1.807) is 36.4 Å². The van der Waals surface area contributed by atoms with Crippen molar-refractivity contribution in [2.75, 3.05) is 23.3 Å². The topological polar surface area (TPSA) is 92.8 Å². The number of rotatable bonds is 7. The molecule has 1 N–H and O–H groups in total. The Kier molecular flexibility index (Phi) is 7.17. The average Bonchev–Trinajstić information content (AvgIpc) is 2.77. The highest BCUT2D eigenvalue weighted by molar-refractivity contribution is 7.92. The Morgan fingerprint density at radius 2 is 1.69 bits per heavy atom. The van der Waals surface area contributed by atoms with Crippen LogP contribution in [0, 0.1) is 6.92 Å². The molecule has 0 saturated carbocycles. The van der Waals surface area contributed by atoms with Gasteiger partial charge in [0.25, 0.3) is 15.9 Å². The summed E-state index contributed by atoms with van der Waals surface area (Å²) in [5.41, 5.74) is 1.97. The van der Waals surface area contributed by atoms with Crippen molar-refractivity contribution in [2.45, 2.75) is 11.8 Å². The van der Waals surface area contributed by atoms with Gasteiger partial charge >= 0.3 is 5.97 Å². The molecule has 0 atom stereocenters. The van der Waals surface area contributed by atoms with Crippen LogP contribution >= 0.6 is 11.6 Å². The number of amides is 1. The van der Waals surface area contributed by atoms with Crippen LogP contribution in [-0.4, -0.2) is 33.9 Å². The van der Waals surface area contributed by atoms with Crippen LogP contribution in [0.25, 0.3) is 0 Å². The fourth-order valence-corrected chi connectivity index (χ4v) is 4.25. The van der Waals surface area contributed by atoms with Crippen LogP contribution in [0.4, 0.5) is 11.4 Å². The molecule has 166 valence electrons. The molecule has 0 saturated heterocycles. The van der Waals surface area contributed by atoms with E-state index in [9.17, 15) is 18.0 Å². The van der Waals surface area contributed by atoms with Gasteiger partial charge in [-0.15, -0.1) is 0 Å². The van der Waals surface area contributed by atoms with E-state index in [4.69, 9.17) is 16.3 Å². The third kappa shape index (κ3) is 5.66. The Bertz CT molecular complexity index is 1240. The summed E-state index contributed by atoms with van der Waals surface area (Å²) in [4.78, 5) is 24.3. The van der Waals surface area contributed by atoms with Crippen molar-refractivity contribution in [1.29, 1.82) is 0 Å². The quantitative estimate of drug-likeness (QED) is 0.518. The monoisotopic (exact) mass is 472 g/mol. The van der Waals surface area contributed by atoms with E-state index in [0.29, 0.717) is 16.4 Å². The zero-order valence-corrected chi connectivity index (χ0v) is 19.0. The molecular weight excluding hydrogens is 452 g/mol. The minimum atomic E-state index is -3.90. The van der Waals surface area contributed by atoms with Crippen molar-refractivity contribution in [3.63, 3.8) is 0 Å². The third-order valence-electron chi connectivity index (χ3n) is 4.57. The maximum atomic E-state index is 13.0. The summed E-state index contributed by atoms with van der Waals surface area (Å²) in [6.45, 7) is 1.37. The Morgan fingerprint density at radius 1 is 1.00 bits per heavy atom. The van der Waals surface area contributed by atoms with Crippen molar-refractivity contribution in [3.05, 3.63) is 88.9 Å². The standard InChI is InChI=1S/C23H21ClN2O5S/c1-16-9-11-20(12-10-16)26(2)32(29,30)21-8-3-5-17(13-21)23(28)31-15-22(27)25-19-7-4-6-18(24)14-19/h3-14H,15H2,1-2H3,(H,25,27). The van der Waals surface area contributed by atoms with Gasteiger partial charge in [0.1, 0.15) is 0 Å². The van der Waals surface area contributed by atoms with Crippen LogP contribution in [0.2, 0.25) is 5.02 Å². The van der Waals surface area contributed by atoms with Crippen molar-refractivity contribution in [3.8, 4) is 0 Å². The Balaban J connectivity index is 1.68. The number of carbonyl (C=O) groups is 2. The molecular formula is C23H21ClN2O5S. The number of carbonyl (C=O) groups excluding carboxylic acids is 2. The molecule has 3 aromatic carbocycles. The van der Waals surface area contributed by atoms with Crippen LogP contribution in [-0.2, 0) is 19.6 Å². The largest absolute Gasteiger partial charge is 0.452 e. The Hall–Kier alpha value is -3.36. The molecule has 0 aliphatic rings. The lowest BCUT2D eigenvalue weighted by Gasteiger charge is -2.20. The minimum absolute atomic E-state index is 0.0129. The van der Waals surface area contributed by atoms with Crippen LogP contribution in [0.3, 0.4) is 0 Å². The molecule has 0 radical (unpaired) electrons. The lowest BCUT2D eigenvalue weighted by Crippen LogP contribution is -2.27. The van der Waals surface area contributed by atoms with Crippen LogP contribution in [0.1, 0.15) is 15.9 Å². The fourth-order valence-electron chi connectivity index (χ4n) is 2.81. The lowest BCUT2D eigenvalue weighted by atomic mass is 10.2. The molecule has 32 heavy (non-hydrogen) atoms. The lowest BCUT2D eigenvalue weighted by molar-refractivity contribution is -0.119. The van der Waals surface area contributed by atoms with Gasteiger partial charge in [0, 0.05) is 17.8 Å². The summed E-state index contributed by atoms with van der Waals surface area (Å²) in [6, 6.07) is 19.0. The number of aryl methyl sites for hydroxylation is 1. The molecule has 3 rings (SSSR count). The van der Waals surface area contributed by atoms with E-state index in [1.807, 2.05) is 19.1 Å². The Morgan fingerprint density at radius 3 is 2.38 bits per heavy atom. The smallest absolute Gasteiger partial charge is 0.338 e. The van der Waals surface area contributed by atoms with Crippen LogP contribution < -0.4 is 9.62 Å². The molecule has 0 spiro atoms. The number of halogens is 1. The second-order valence-electron chi connectivity index (χ2n) is 6.97. The van der Waals surface area contributed by atoms with Crippen LogP contribution in [0.15, 0.2) is 77.7 Å². The van der Waals surface area contributed by atoms with Crippen LogP contribution in [0.5, 0.6) is 0 Å². The molecule has 9 heteroatoms. The minimum Gasteiger partial charge on any atom is -0.452 e. The summed E-state index contributed by atoms with van der Waals surface area (Å²) in [7, 11) is -2.47. The molecule has 0 aromatic heterocycles. The predicted octanol–water partition coefficient (Wildman–Crippen LogP) is 4.27. The zero-order chi connectivity index (χ0) is 23.3. The van der Waals surface area contributed by atoms with Crippen molar-refractivity contribution >= 4 is 44.9 Å². The summed E-state index contributed by atoms with van der Waals surface area (Å²) in [5, 5.41) is 3.01. The number of benzene rings is 3. The molecule has 0 heterocycles. The van der Waals surface area contributed by atoms with Gasteiger partial charge in [-0.3, -0.25) is 9.10 Å². The van der Waals surface area contributed by atoms with E-state index in [1.165, 1.54) is 31.3 Å². The zero-order valence-electron chi connectivity index (χ0n) is 17.4. The third-order valence-corrected chi connectivity index (χ3v) is 6.59. The number of hydrogen-bond acceptors (Lipinski definition) is 5. The number of hydrogen-bond donors (Lipinski definition) is 1. The molecule has 1 amide bonds. The van der Waals surface area contributed by atoms with E-state index in [-0.39, 0.29) is 10.5 Å². The first-order chi connectivity index (χ1) is 15.2. The number of esters is 1. The van der Waals surface area contributed by atoms with Gasteiger partial charge in [-0.05, 0) is 55.5 Å². The SMILES string of the molecule is Cc1ccc(N(C)S(=O)(=O)c2cccc(C(=O)OCC(=O)Nc3cccc(Cl)c3)c2)cc1. The highest BCUT2D eigenvalue weighted by Gasteiger charge is 2.23. The normalized spacial score (nSPS) is 11.0. The van der Waals surface area contributed by atoms with Gasteiger partial charge in [0.05, 0.1) is 16.1 Å². The van der Waals surface area contributed by atoms with Crippen molar-refractivity contribution in [2.24, 2.45) is 0 Å². The van der Waals surface area contributed by atoms with Gasteiger partial charge in [-0.1, -0.05) is 41.4 Å². The molecule has 0 fully saturated rings. The number of nitrogens with zero attached hydrogens (tertiary/aromatic N) is 1. The second kappa shape index (κ2) is 9.84. The highest BCUT2D eigenvalue weighted by atomic mass is 35.5. The predicted molar refractivity (Wildman–Crippen MR) is 124 cm³/mol. The van der Waals surface area contributed by atoms with E-state index >= 15 is 0 Å². The first kappa shape index (κ1) is 23.3. The van der Waals surface area contributed by atoms with Gasteiger partial charge < -0.3 is 10.1 Å². The number of sulfonamides is 1. The number of ether oxygens (including phenoxy) is 1. The molecule has 3 aromatic rings. The van der Waals surface area contributed by atoms with E-state index in [0.717, 1.165) is 9.87 Å². The summed E-state index contributed by atoms with van der Waals surface area (Å²) in [6.07, 6.45) is 0. The summed E-state index contributed by atoms with van der Waals surface area (Å²) >= 11 is 5.87. The number of nitrogens with one attached hydrogen (secondary N) is 1. The van der Waals surface area contributed by atoms with Crippen molar-refractivity contribution in [1.82, 2.24) is 0 Å². The summed E-state index contributed by atoms with van der Waals surface area (Å²) < 4.78 is 32.1. The second-order valence-corrected chi connectivity index (χ2v) is 9.38.